The van der Waals surface area contributed by atoms with E-state index >= 15 is 0 Å². The zero-order valence-corrected chi connectivity index (χ0v) is 11.9. The van der Waals surface area contributed by atoms with Crippen LogP contribution in [0.5, 0.6) is 0 Å². The van der Waals surface area contributed by atoms with Gasteiger partial charge in [-0.1, -0.05) is 30.3 Å². The fourth-order valence-corrected chi connectivity index (χ4v) is 2.24. The Hall–Kier alpha value is -0.900. The van der Waals surface area contributed by atoms with Gasteiger partial charge < -0.3 is 14.0 Å². The van der Waals surface area contributed by atoms with Crippen LogP contribution < -0.4 is 0 Å². The molecule has 0 heterocycles. The predicted octanol–water partition coefficient (Wildman–Crippen LogP) is 2.32. The number of hydrogen-bond donors (Lipinski definition) is 0. The van der Waals surface area contributed by atoms with Gasteiger partial charge in [-0.05, 0) is 6.92 Å². The van der Waals surface area contributed by atoms with E-state index in [0.29, 0.717) is 0 Å². The van der Waals surface area contributed by atoms with Crippen molar-refractivity contribution in [1.29, 1.82) is 0 Å². The van der Waals surface area contributed by atoms with Crippen molar-refractivity contribution in [3.63, 3.8) is 0 Å². The summed E-state index contributed by atoms with van der Waals surface area (Å²) in [5.41, 5.74) is 1.38. The maximum absolute atomic E-state index is 5.26. The number of likely N-dealkylation sites (N-methyl/N-ethyl adjacent to an activating group) is 1. The minimum absolute atomic E-state index is 0.796. The number of benzene rings is 1. The van der Waals surface area contributed by atoms with Crippen LogP contribution >= 0.6 is 0 Å². The molecule has 3 nitrogen and oxygen atoms in total. The number of quaternary nitrogens is 1. The third-order valence-corrected chi connectivity index (χ3v) is 3.57. The molecular formula is C15H26NO2+. The quantitative estimate of drug-likeness (QED) is 0.628. The highest BCUT2D eigenvalue weighted by molar-refractivity contribution is 5.13. The highest BCUT2D eigenvalue weighted by Crippen LogP contribution is 2.14. The van der Waals surface area contributed by atoms with Gasteiger partial charge in [-0.15, -0.1) is 0 Å². The largest absolute Gasteiger partial charge is 0.379 e. The molecule has 0 aliphatic heterocycles. The molecule has 102 valence electrons. The van der Waals surface area contributed by atoms with Gasteiger partial charge >= 0.3 is 0 Å². The van der Waals surface area contributed by atoms with Crippen LogP contribution in [0.15, 0.2) is 30.3 Å². The van der Waals surface area contributed by atoms with Crippen molar-refractivity contribution in [2.75, 3.05) is 47.1 Å². The Morgan fingerprint density at radius 2 is 1.50 bits per heavy atom. The van der Waals surface area contributed by atoms with E-state index in [-0.39, 0.29) is 0 Å². The van der Waals surface area contributed by atoms with E-state index in [0.717, 1.165) is 43.9 Å². The number of hydrogen-bond acceptors (Lipinski definition) is 2. The molecule has 0 saturated heterocycles. The monoisotopic (exact) mass is 252 g/mol. The third-order valence-electron chi connectivity index (χ3n) is 3.57. The van der Waals surface area contributed by atoms with Crippen molar-refractivity contribution < 1.29 is 14.0 Å². The third kappa shape index (κ3) is 4.77. The normalized spacial score (nSPS) is 11.7. The van der Waals surface area contributed by atoms with Gasteiger partial charge in [0.15, 0.2) is 0 Å². The molecule has 0 N–H and O–H groups in total. The van der Waals surface area contributed by atoms with Crippen LogP contribution in [0.4, 0.5) is 0 Å². The summed E-state index contributed by atoms with van der Waals surface area (Å²) in [6.45, 7) is 8.05. The van der Waals surface area contributed by atoms with Gasteiger partial charge in [-0.3, -0.25) is 0 Å². The first kappa shape index (κ1) is 15.2. The van der Waals surface area contributed by atoms with Crippen LogP contribution in [-0.2, 0) is 16.0 Å². The zero-order valence-electron chi connectivity index (χ0n) is 11.9. The van der Waals surface area contributed by atoms with Crippen molar-refractivity contribution >= 4 is 0 Å². The molecule has 0 amide bonds. The Morgan fingerprint density at radius 3 is 1.94 bits per heavy atom. The minimum atomic E-state index is 0.796. The molecule has 0 fully saturated rings. The Kier molecular flexibility index (Phi) is 6.94. The fourth-order valence-electron chi connectivity index (χ4n) is 2.24. The maximum atomic E-state index is 5.26. The number of ether oxygens (including phenoxy) is 2. The molecule has 0 unspecified atom stereocenters. The van der Waals surface area contributed by atoms with Gasteiger partial charge in [0.05, 0.1) is 19.8 Å². The molecule has 0 atom stereocenters. The molecule has 0 spiro atoms. The molecule has 0 saturated carbocycles. The highest BCUT2D eigenvalue weighted by atomic mass is 16.5. The lowest BCUT2D eigenvalue weighted by Gasteiger charge is -2.37. The minimum Gasteiger partial charge on any atom is -0.379 e. The van der Waals surface area contributed by atoms with Gasteiger partial charge in [0.2, 0.25) is 0 Å². The lowest BCUT2D eigenvalue weighted by molar-refractivity contribution is -0.939. The first-order chi connectivity index (χ1) is 8.76. The summed E-state index contributed by atoms with van der Waals surface area (Å²) >= 11 is 0. The van der Waals surface area contributed by atoms with Gasteiger partial charge in [-0.25, -0.2) is 0 Å². The van der Waals surface area contributed by atoms with E-state index in [9.17, 15) is 0 Å². The van der Waals surface area contributed by atoms with Gasteiger partial charge in [0, 0.05) is 19.8 Å². The summed E-state index contributed by atoms with van der Waals surface area (Å²) in [7, 11) is 3.53. The molecule has 0 aliphatic carbocycles. The molecule has 0 radical (unpaired) electrons. The summed E-state index contributed by atoms with van der Waals surface area (Å²) in [4.78, 5) is 0. The summed E-state index contributed by atoms with van der Waals surface area (Å²) in [6.07, 6.45) is 0. The molecule has 3 heteroatoms. The first-order valence-electron chi connectivity index (χ1n) is 6.63. The van der Waals surface area contributed by atoms with Crippen molar-refractivity contribution in [3.05, 3.63) is 35.9 Å². The summed E-state index contributed by atoms with van der Waals surface area (Å²) in [6, 6.07) is 10.7. The molecule has 0 aliphatic rings. The predicted molar refractivity (Wildman–Crippen MR) is 74.4 cm³/mol. The average molecular weight is 252 g/mol. The lowest BCUT2D eigenvalue weighted by Crippen LogP contribution is -2.51. The zero-order chi connectivity index (χ0) is 13.3. The molecule has 18 heavy (non-hydrogen) atoms. The molecule has 1 aromatic rings. The standard InChI is InChI=1S/C15H26NO2/c1-4-16(10-12-17-2,11-13-18-3)14-15-8-6-5-7-9-15/h5-9H,4,10-14H2,1-3H3/q+1. The van der Waals surface area contributed by atoms with Crippen LogP contribution in [0.25, 0.3) is 0 Å². The Bertz CT molecular complexity index is 306. The average Bonchev–Trinajstić information content (AvgIpc) is 2.43. The Morgan fingerprint density at radius 1 is 0.944 bits per heavy atom. The Balaban J connectivity index is 2.73. The second-order valence-corrected chi connectivity index (χ2v) is 4.73. The van der Waals surface area contributed by atoms with Crippen LogP contribution in [0.2, 0.25) is 0 Å². The van der Waals surface area contributed by atoms with E-state index in [1.165, 1.54) is 5.56 Å². The van der Waals surface area contributed by atoms with E-state index in [1.807, 2.05) is 0 Å². The molecule has 0 aromatic heterocycles. The van der Waals surface area contributed by atoms with Crippen molar-refractivity contribution in [2.24, 2.45) is 0 Å². The SMILES string of the molecule is CC[N+](CCOC)(CCOC)Cc1ccccc1. The smallest absolute Gasteiger partial charge is 0.104 e. The number of rotatable bonds is 9. The molecule has 1 aromatic carbocycles. The van der Waals surface area contributed by atoms with Crippen LogP contribution in [0.3, 0.4) is 0 Å². The number of methoxy groups -OCH3 is 2. The summed E-state index contributed by atoms with van der Waals surface area (Å²) in [5.74, 6) is 0. The van der Waals surface area contributed by atoms with Crippen molar-refractivity contribution in [3.8, 4) is 0 Å². The van der Waals surface area contributed by atoms with Crippen LogP contribution in [0.1, 0.15) is 12.5 Å². The molecular weight excluding hydrogens is 226 g/mol. The maximum Gasteiger partial charge on any atom is 0.104 e. The second-order valence-electron chi connectivity index (χ2n) is 4.73. The molecule has 0 bridgehead atoms. The summed E-state index contributed by atoms with van der Waals surface area (Å²) < 4.78 is 11.5. The van der Waals surface area contributed by atoms with Crippen molar-refractivity contribution in [1.82, 2.24) is 0 Å². The van der Waals surface area contributed by atoms with Crippen molar-refractivity contribution in [2.45, 2.75) is 13.5 Å². The van der Waals surface area contributed by atoms with Gasteiger partial charge in [0.1, 0.15) is 19.6 Å². The van der Waals surface area contributed by atoms with E-state index in [2.05, 4.69) is 37.3 Å². The topological polar surface area (TPSA) is 18.5 Å². The number of nitrogens with zero attached hydrogens (tertiary/aromatic N) is 1. The fraction of sp³-hybridized carbons (Fsp3) is 0.600. The van der Waals surface area contributed by atoms with Crippen LogP contribution in [-0.4, -0.2) is 51.6 Å². The lowest BCUT2D eigenvalue weighted by atomic mass is 10.1. The van der Waals surface area contributed by atoms with E-state index < -0.39 is 0 Å². The van der Waals surface area contributed by atoms with Gasteiger partial charge in [-0.2, -0.15) is 0 Å². The van der Waals surface area contributed by atoms with E-state index in [4.69, 9.17) is 9.47 Å². The second kappa shape index (κ2) is 8.25. The molecule has 1 rings (SSSR count). The Labute approximate surface area is 111 Å². The first-order valence-corrected chi connectivity index (χ1v) is 6.63. The van der Waals surface area contributed by atoms with Crippen LogP contribution in [0, 0.1) is 0 Å². The van der Waals surface area contributed by atoms with E-state index in [1.54, 1.807) is 14.2 Å². The highest BCUT2D eigenvalue weighted by Gasteiger charge is 2.25. The summed E-state index contributed by atoms with van der Waals surface area (Å²) in [5, 5.41) is 0. The van der Waals surface area contributed by atoms with Gasteiger partial charge in [0.25, 0.3) is 0 Å².